The predicted octanol–water partition coefficient (Wildman–Crippen LogP) is 5.23. The van der Waals surface area contributed by atoms with Gasteiger partial charge in [-0.05, 0) is 67.0 Å². The highest BCUT2D eigenvalue weighted by molar-refractivity contribution is 8.76. The Kier molecular flexibility index (Phi) is 9.28. The molecule has 0 radical (unpaired) electrons. The van der Waals surface area contributed by atoms with Crippen LogP contribution in [0.25, 0.3) is 0 Å². The van der Waals surface area contributed by atoms with E-state index in [-0.39, 0.29) is 11.6 Å². The highest BCUT2D eigenvalue weighted by atomic mass is 33.1. The molecular formula is C20H23NO3S2. The maximum absolute atomic E-state index is 11.9. The first-order chi connectivity index (χ1) is 12.6. The molecule has 2 rings (SSSR count). The lowest BCUT2D eigenvalue weighted by Gasteiger charge is -2.06. The third-order valence-electron chi connectivity index (χ3n) is 3.59. The van der Waals surface area contributed by atoms with Gasteiger partial charge in [-0.1, -0.05) is 16.9 Å². The summed E-state index contributed by atoms with van der Waals surface area (Å²) in [4.78, 5) is 27.3. The molecule has 0 N–H and O–H groups in total. The Morgan fingerprint density at radius 1 is 1.04 bits per heavy atom. The zero-order chi connectivity index (χ0) is 18.6. The zero-order valence-electron chi connectivity index (χ0n) is 14.8. The minimum absolute atomic E-state index is 0.0405. The summed E-state index contributed by atoms with van der Waals surface area (Å²) in [7, 11) is 3.38. The summed E-state index contributed by atoms with van der Waals surface area (Å²) in [6, 6.07) is 12.9. The molecule has 0 aliphatic carbocycles. The van der Waals surface area contributed by atoms with Crippen LogP contribution in [0.1, 0.15) is 43.0 Å². The van der Waals surface area contributed by atoms with Crippen LogP contribution in [0.4, 0.5) is 0 Å². The highest BCUT2D eigenvalue weighted by Gasteiger charge is 2.04. The molecule has 0 unspecified atom stereocenters. The highest BCUT2D eigenvalue weighted by Crippen LogP contribution is 2.29. The second-order valence-corrected chi connectivity index (χ2v) is 8.18. The summed E-state index contributed by atoms with van der Waals surface area (Å²) < 4.78 is 5.61. The van der Waals surface area contributed by atoms with E-state index in [4.69, 9.17) is 4.74 Å². The lowest BCUT2D eigenvalue weighted by Crippen LogP contribution is -2.04. The van der Waals surface area contributed by atoms with Gasteiger partial charge >= 0.3 is 0 Å². The van der Waals surface area contributed by atoms with Crippen LogP contribution < -0.4 is 4.74 Å². The quantitative estimate of drug-likeness (QED) is 0.281. The maximum Gasteiger partial charge on any atom is 0.159 e. The summed E-state index contributed by atoms with van der Waals surface area (Å²) in [6.45, 7) is 2.05. The number of aromatic nitrogens is 1. The number of benzene rings is 1. The van der Waals surface area contributed by atoms with E-state index in [1.165, 1.54) is 6.92 Å². The number of hydrogen-bond acceptors (Lipinski definition) is 6. The fraction of sp³-hybridized carbons (Fsp3) is 0.350. The van der Waals surface area contributed by atoms with Crippen LogP contribution in [0.3, 0.4) is 0 Å². The first-order valence-electron chi connectivity index (χ1n) is 8.61. The van der Waals surface area contributed by atoms with Gasteiger partial charge in [-0.2, -0.15) is 0 Å². The fourth-order valence-corrected chi connectivity index (χ4v) is 4.16. The van der Waals surface area contributed by atoms with E-state index in [2.05, 4.69) is 4.98 Å². The molecule has 0 atom stereocenters. The molecule has 1 aromatic carbocycles. The number of rotatable bonds is 12. The molecule has 0 aliphatic rings. The lowest BCUT2D eigenvalue weighted by atomic mass is 10.1. The van der Waals surface area contributed by atoms with Gasteiger partial charge in [-0.15, -0.1) is 0 Å². The van der Waals surface area contributed by atoms with Crippen LogP contribution in [0.5, 0.6) is 5.75 Å². The molecule has 0 spiro atoms. The van der Waals surface area contributed by atoms with Crippen molar-refractivity contribution in [2.45, 2.75) is 37.6 Å². The molecular weight excluding hydrogens is 366 g/mol. The largest absolute Gasteiger partial charge is 0.494 e. The SMILES string of the molecule is CC(=O)c1ccc(OCCCC(=O)CCCSSc2ccccn2)cc1. The van der Waals surface area contributed by atoms with Crippen LogP contribution in [-0.4, -0.2) is 28.9 Å². The molecule has 0 saturated heterocycles. The minimum Gasteiger partial charge on any atom is -0.494 e. The monoisotopic (exact) mass is 389 g/mol. The topological polar surface area (TPSA) is 56.3 Å². The average Bonchev–Trinajstić information content (AvgIpc) is 2.66. The number of Topliss-reactive ketones (excluding diaryl/α,β-unsaturated/α-hetero) is 2. The summed E-state index contributed by atoms with van der Waals surface area (Å²) in [5.74, 6) is 1.99. The fourth-order valence-electron chi connectivity index (χ4n) is 2.20. The molecule has 6 heteroatoms. The molecule has 0 aliphatic heterocycles. The Morgan fingerprint density at radius 3 is 2.50 bits per heavy atom. The van der Waals surface area contributed by atoms with Crippen molar-refractivity contribution in [2.24, 2.45) is 0 Å². The smallest absolute Gasteiger partial charge is 0.159 e. The summed E-state index contributed by atoms with van der Waals surface area (Å²) in [5, 5.41) is 0.998. The third-order valence-corrected chi connectivity index (χ3v) is 5.95. The number of carbonyl (C=O) groups is 2. The minimum atomic E-state index is 0.0405. The molecule has 2 aromatic rings. The summed E-state index contributed by atoms with van der Waals surface area (Å²) >= 11 is 0. The summed E-state index contributed by atoms with van der Waals surface area (Å²) in [5.41, 5.74) is 0.673. The van der Waals surface area contributed by atoms with E-state index in [9.17, 15) is 9.59 Å². The van der Waals surface area contributed by atoms with Crippen molar-refractivity contribution in [2.75, 3.05) is 12.4 Å². The molecule has 138 valence electrons. The molecule has 4 nitrogen and oxygen atoms in total. The second-order valence-electron chi connectivity index (χ2n) is 5.75. The van der Waals surface area contributed by atoms with Gasteiger partial charge < -0.3 is 4.74 Å². The van der Waals surface area contributed by atoms with Crippen molar-refractivity contribution in [3.8, 4) is 5.75 Å². The van der Waals surface area contributed by atoms with Gasteiger partial charge in [-0.3, -0.25) is 9.59 Å². The second kappa shape index (κ2) is 11.8. The molecule has 0 fully saturated rings. The first kappa shape index (κ1) is 20.5. The Morgan fingerprint density at radius 2 is 1.81 bits per heavy atom. The van der Waals surface area contributed by atoms with E-state index in [0.29, 0.717) is 31.4 Å². The molecule has 1 aromatic heterocycles. The standard InChI is InChI=1S/C20H23NO3S2/c1-16(22)17-9-11-19(12-10-17)24-14-4-6-18(23)7-5-15-25-26-20-8-2-3-13-21-20/h2-3,8-13H,4-7,14-15H2,1H3. The van der Waals surface area contributed by atoms with Crippen molar-refractivity contribution >= 4 is 33.2 Å². The van der Waals surface area contributed by atoms with Gasteiger partial charge in [-0.25, -0.2) is 4.98 Å². The number of ether oxygens (including phenoxy) is 1. The molecule has 0 saturated carbocycles. The molecule has 1 heterocycles. The van der Waals surface area contributed by atoms with Crippen LogP contribution in [0.2, 0.25) is 0 Å². The predicted molar refractivity (Wildman–Crippen MR) is 108 cm³/mol. The third kappa shape index (κ3) is 8.06. The summed E-state index contributed by atoms with van der Waals surface area (Å²) in [6.07, 6.45) is 4.54. The maximum atomic E-state index is 11.9. The van der Waals surface area contributed by atoms with Crippen LogP contribution in [-0.2, 0) is 4.79 Å². The number of carbonyl (C=O) groups excluding carboxylic acids is 2. The van der Waals surface area contributed by atoms with Crippen molar-refractivity contribution in [1.29, 1.82) is 0 Å². The van der Waals surface area contributed by atoms with Gasteiger partial charge in [0.25, 0.3) is 0 Å². The average molecular weight is 390 g/mol. The van der Waals surface area contributed by atoms with Crippen LogP contribution in [0, 0.1) is 0 Å². The zero-order valence-corrected chi connectivity index (χ0v) is 16.5. The Hall–Kier alpha value is -1.79. The van der Waals surface area contributed by atoms with Gasteiger partial charge in [0.1, 0.15) is 16.6 Å². The van der Waals surface area contributed by atoms with Gasteiger partial charge in [0.15, 0.2) is 5.78 Å². The Balaban J connectivity index is 1.50. The Bertz CT molecular complexity index is 690. The van der Waals surface area contributed by atoms with E-state index < -0.39 is 0 Å². The molecule has 26 heavy (non-hydrogen) atoms. The number of hydrogen-bond donors (Lipinski definition) is 0. The number of nitrogens with zero attached hydrogens (tertiary/aromatic N) is 1. The van der Waals surface area contributed by atoms with Crippen molar-refractivity contribution in [1.82, 2.24) is 4.98 Å². The molecule has 0 bridgehead atoms. The van der Waals surface area contributed by atoms with Gasteiger partial charge in [0, 0.05) is 30.4 Å². The van der Waals surface area contributed by atoms with Crippen molar-refractivity contribution < 1.29 is 14.3 Å². The van der Waals surface area contributed by atoms with Crippen molar-refractivity contribution in [3.05, 3.63) is 54.2 Å². The van der Waals surface area contributed by atoms with Gasteiger partial charge in [0.05, 0.1) is 6.61 Å². The van der Waals surface area contributed by atoms with E-state index in [1.54, 1.807) is 52.1 Å². The first-order valence-corrected chi connectivity index (χ1v) is 10.9. The molecule has 0 amide bonds. The lowest BCUT2D eigenvalue weighted by molar-refractivity contribution is -0.119. The normalized spacial score (nSPS) is 10.5. The van der Waals surface area contributed by atoms with Crippen LogP contribution >= 0.6 is 21.6 Å². The van der Waals surface area contributed by atoms with Gasteiger partial charge in [0.2, 0.25) is 0 Å². The van der Waals surface area contributed by atoms with E-state index >= 15 is 0 Å². The number of ketones is 2. The number of pyridine rings is 1. The van der Waals surface area contributed by atoms with Crippen LogP contribution in [0.15, 0.2) is 53.7 Å². The Labute approximate surface area is 162 Å². The van der Waals surface area contributed by atoms with E-state index in [1.807, 2.05) is 18.2 Å². The van der Waals surface area contributed by atoms with E-state index in [0.717, 1.165) is 22.9 Å². The van der Waals surface area contributed by atoms with Crippen molar-refractivity contribution in [3.63, 3.8) is 0 Å².